The average Bonchev–Trinajstić information content (AvgIpc) is 2.38. The van der Waals surface area contributed by atoms with Crippen molar-refractivity contribution in [1.82, 2.24) is 9.80 Å². The summed E-state index contributed by atoms with van der Waals surface area (Å²) in [6.45, 7) is 12.6. The maximum absolute atomic E-state index is 4.89. The first-order valence-corrected chi connectivity index (χ1v) is 8.99. The van der Waals surface area contributed by atoms with E-state index in [0.29, 0.717) is 8.64 Å². The molecule has 2 nitrogen and oxygen atoms in total. The van der Waals surface area contributed by atoms with E-state index in [-0.39, 0.29) is 27.3 Å². The third-order valence-electron chi connectivity index (χ3n) is 2.49. The summed E-state index contributed by atoms with van der Waals surface area (Å²) in [5.74, 6) is 0. The van der Waals surface area contributed by atoms with E-state index in [1.165, 1.54) is 0 Å². The van der Waals surface area contributed by atoms with E-state index in [9.17, 15) is 0 Å². The van der Waals surface area contributed by atoms with Crippen molar-refractivity contribution < 1.29 is 27.3 Å². The Bertz CT molecular complexity index is 227. The van der Waals surface area contributed by atoms with Gasteiger partial charge in [0.25, 0.3) is 0 Å². The maximum atomic E-state index is 4.89. The summed E-state index contributed by atoms with van der Waals surface area (Å²) in [4.78, 5) is 4.15. The Morgan fingerprint density at radius 3 is 0.952 bits per heavy atom. The predicted molar refractivity (Wildman–Crippen MR) is 104 cm³/mol. The number of thiocarbonyl (C=S) groups is 2. The predicted octanol–water partition coefficient (Wildman–Crippen LogP) is 3.88. The van der Waals surface area contributed by atoms with Crippen LogP contribution in [0.2, 0.25) is 0 Å². The molecule has 0 saturated heterocycles. The molecule has 0 amide bonds. The van der Waals surface area contributed by atoms with Crippen LogP contribution in [0.25, 0.3) is 0 Å². The SMILES string of the molecule is CCCN(CCC)C(=S)[S-].CCCN(CCC)C(=S)[S-].[Cd+2]. The van der Waals surface area contributed by atoms with Gasteiger partial charge >= 0.3 is 27.3 Å². The van der Waals surface area contributed by atoms with Gasteiger partial charge in [0.1, 0.15) is 0 Å². The molecule has 0 aliphatic rings. The number of rotatable bonds is 8. The number of hydrogen-bond acceptors (Lipinski definition) is 4. The van der Waals surface area contributed by atoms with Crippen LogP contribution in [0, 0.1) is 0 Å². The zero-order valence-corrected chi connectivity index (χ0v) is 21.2. The van der Waals surface area contributed by atoms with Gasteiger partial charge in [-0.3, -0.25) is 0 Å². The van der Waals surface area contributed by atoms with Crippen LogP contribution in [-0.4, -0.2) is 44.6 Å². The van der Waals surface area contributed by atoms with Gasteiger partial charge in [0.15, 0.2) is 0 Å². The Hall–Kier alpha value is 1.14. The molecule has 0 heterocycles. The monoisotopic (exact) mass is 466 g/mol. The summed E-state index contributed by atoms with van der Waals surface area (Å²) in [6, 6.07) is 0. The van der Waals surface area contributed by atoms with Gasteiger partial charge in [-0.05, 0) is 25.7 Å². The molecule has 0 radical (unpaired) electrons. The molecule has 0 spiro atoms. The quantitative estimate of drug-likeness (QED) is 0.303. The average molecular weight is 465 g/mol. The van der Waals surface area contributed by atoms with Crippen molar-refractivity contribution in [1.29, 1.82) is 0 Å². The summed E-state index contributed by atoms with van der Waals surface area (Å²) in [5.41, 5.74) is 0. The van der Waals surface area contributed by atoms with E-state index >= 15 is 0 Å². The number of hydrogen-bond donors (Lipinski definition) is 0. The summed E-state index contributed by atoms with van der Waals surface area (Å²) in [7, 11) is 0. The summed E-state index contributed by atoms with van der Waals surface area (Å²) in [6.07, 6.45) is 4.49. The van der Waals surface area contributed by atoms with Gasteiger partial charge in [-0.2, -0.15) is 0 Å². The zero-order valence-electron chi connectivity index (χ0n) is 13.9. The second-order valence-corrected chi connectivity index (χ2v) is 6.57. The van der Waals surface area contributed by atoms with Crippen molar-refractivity contribution >= 4 is 58.3 Å². The molecule has 0 N–H and O–H groups in total. The molecular formula is C14H28CdN2S4. The summed E-state index contributed by atoms with van der Waals surface area (Å²) >= 11 is 19.6. The molecule has 0 fully saturated rings. The van der Waals surface area contributed by atoms with Crippen LogP contribution in [0.5, 0.6) is 0 Å². The Morgan fingerprint density at radius 1 is 0.667 bits per heavy atom. The fourth-order valence-corrected chi connectivity index (χ4v) is 2.40. The minimum absolute atomic E-state index is 0. The zero-order chi connectivity index (χ0) is 16.0. The van der Waals surface area contributed by atoms with Crippen molar-refractivity contribution in [3.63, 3.8) is 0 Å². The molecule has 7 heteroatoms. The standard InChI is InChI=1S/2C7H15NS2.Cd/c2*1-3-5-8(6-4-2)7(9)10;/h2*3-6H2,1-2H3,(H,9,10);/q;;+2/p-2. The largest absolute Gasteiger partial charge is 2.00 e. The molecule has 120 valence electrons. The van der Waals surface area contributed by atoms with Gasteiger partial charge in [0.05, 0.1) is 0 Å². The molecule has 0 aromatic heterocycles. The molecule has 0 aliphatic heterocycles. The van der Waals surface area contributed by atoms with Gasteiger partial charge in [-0.25, -0.2) is 0 Å². The topological polar surface area (TPSA) is 6.48 Å². The fourth-order valence-electron chi connectivity index (χ4n) is 1.67. The van der Waals surface area contributed by atoms with E-state index in [4.69, 9.17) is 49.7 Å². The second kappa shape index (κ2) is 19.2. The second-order valence-electron chi connectivity index (χ2n) is 4.51. The van der Waals surface area contributed by atoms with E-state index in [0.717, 1.165) is 51.9 Å². The Balaban J connectivity index is -0.000000295. The van der Waals surface area contributed by atoms with Gasteiger partial charge in [-0.15, -0.1) is 0 Å². The summed E-state index contributed by atoms with van der Waals surface area (Å²) < 4.78 is 1.23. The normalized spacial score (nSPS) is 8.95. The molecule has 0 unspecified atom stereocenters. The third kappa shape index (κ3) is 17.3. The molecule has 0 aromatic rings. The van der Waals surface area contributed by atoms with Crippen LogP contribution in [-0.2, 0) is 52.6 Å². The first-order chi connectivity index (χ1) is 9.44. The van der Waals surface area contributed by atoms with Crippen LogP contribution >= 0.6 is 24.4 Å². The van der Waals surface area contributed by atoms with Crippen molar-refractivity contribution in [3.8, 4) is 0 Å². The minimum atomic E-state index is 0. The smallest absolute Gasteiger partial charge is 0.411 e. The molecule has 0 atom stereocenters. The van der Waals surface area contributed by atoms with Crippen LogP contribution in [0.3, 0.4) is 0 Å². The van der Waals surface area contributed by atoms with Crippen molar-refractivity contribution in [2.45, 2.75) is 53.4 Å². The van der Waals surface area contributed by atoms with Crippen molar-refractivity contribution in [2.24, 2.45) is 0 Å². The van der Waals surface area contributed by atoms with Crippen molar-refractivity contribution in [2.75, 3.05) is 26.2 Å². The summed E-state index contributed by atoms with van der Waals surface area (Å²) in [5, 5.41) is 0. The molecule has 21 heavy (non-hydrogen) atoms. The maximum Gasteiger partial charge on any atom is 2.00 e. The van der Waals surface area contributed by atoms with E-state index in [2.05, 4.69) is 37.5 Å². The Morgan fingerprint density at radius 2 is 0.857 bits per heavy atom. The molecule has 0 aliphatic carbocycles. The third-order valence-corrected chi connectivity index (χ3v) is 3.52. The van der Waals surface area contributed by atoms with Crippen LogP contribution in [0.4, 0.5) is 0 Å². The first kappa shape index (κ1) is 27.0. The molecular weight excluding hydrogens is 437 g/mol. The van der Waals surface area contributed by atoms with Crippen molar-refractivity contribution in [3.05, 3.63) is 0 Å². The van der Waals surface area contributed by atoms with Crippen LogP contribution < -0.4 is 0 Å². The Labute approximate surface area is 173 Å². The van der Waals surface area contributed by atoms with Gasteiger partial charge in [0.2, 0.25) is 0 Å². The van der Waals surface area contributed by atoms with Gasteiger partial charge in [-0.1, -0.05) is 36.3 Å². The molecule has 0 rings (SSSR count). The van der Waals surface area contributed by atoms with E-state index < -0.39 is 0 Å². The molecule has 0 aromatic carbocycles. The first-order valence-electron chi connectivity index (χ1n) is 7.36. The molecule has 0 saturated carbocycles. The van der Waals surface area contributed by atoms with Crippen LogP contribution in [0.15, 0.2) is 0 Å². The minimum Gasteiger partial charge on any atom is -0.411 e. The fraction of sp³-hybridized carbons (Fsp3) is 0.857. The van der Waals surface area contributed by atoms with Crippen LogP contribution in [0.1, 0.15) is 53.4 Å². The van der Waals surface area contributed by atoms with E-state index in [1.54, 1.807) is 0 Å². The van der Waals surface area contributed by atoms with E-state index in [1.807, 2.05) is 0 Å². The van der Waals surface area contributed by atoms with Gasteiger partial charge in [0, 0.05) is 26.2 Å². The Kier molecular flexibility index (Phi) is 24.7. The van der Waals surface area contributed by atoms with Gasteiger partial charge < -0.3 is 59.5 Å². The number of nitrogens with zero attached hydrogens (tertiary/aromatic N) is 2. The molecule has 0 bridgehead atoms.